The quantitative estimate of drug-likeness (QED) is 0.455. The van der Waals surface area contributed by atoms with E-state index in [2.05, 4.69) is 4.90 Å². The van der Waals surface area contributed by atoms with Crippen molar-refractivity contribution in [2.75, 3.05) is 59.0 Å². The lowest BCUT2D eigenvalue weighted by Gasteiger charge is -2.35. The number of hydrogen-bond acceptors (Lipinski definition) is 7. The number of ether oxygens (including phenoxy) is 3. The van der Waals surface area contributed by atoms with E-state index in [-0.39, 0.29) is 29.7 Å². The van der Waals surface area contributed by atoms with Gasteiger partial charge in [0.2, 0.25) is 5.91 Å². The minimum atomic E-state index is -0.242. The van der Waals surface area contributed by atoms with Gasteiger partial charge in [0, 0.05) is 39.2 Å². The van der Waals surface area contributed by atoms with E-state index in [9.17, 15) is 14.4 Å². The average Bonchev–Trinajstić information content (AvgIpc) is 3.58. The third kappa shape index (κ3) is 5.45. The van der Waals surface area contributed by atoms with E-state index in [1.54, 1.807) is 20.3 Å². The van der Waals surface area contributed by atoms with Gasteiger partial charge in [-0.3, -0.25) is 19.3 Å². The van der Waals surface area contributed by atoms with Crippen molar-refractivity contribution in [1.29, 1.82) is 0 Å². The normalized spacial score (nSPS) is 19.4. The molecule has 0 N–H and O–H groups in total. The second-order valence-electron chi connectivity index (χ2n) is 10.5. The van der Waals surface area contributed by atoms with Gasteiger partial charge >= 0.3 is 0 Å². The van der Waals surface area contributed by atoms with E-state index >= 15 is 0 Å². The summed E-state index contributed by atoms with van der Waals surface area (Å²) in [5, 5.41) is 0. The minimum absolute atomic E-state index is 0.0678. The third-order valence-electron chi connectivity index (χ3n) is 8.13. The van der Waals surface area contributed by atoms with Crippen molar-refractivity contribution in [2.45, 2.75) is 38.2 Å². The molecule has 3 heterocycles. The molecule has 0 unspecified atom stereocenters. The number of rotatable bonds is 9. The number of amides is 3. The Labute approximate surface area is 229 Å². The van der Waals surface area contributed by atoms with Crippen molar-refractivity contribution >= 4 is 23.4 Å². The van der Waals surface area contributed by atoms with Crippen LogP contribution in [-0.4, -0.2) is 87.7 Å². The summed E-state index contributed by atoms with van der Waals surface area (Å²) in [6.07, 6.45) is 3.86. The Kier molecular flexibility index (Phi) is 8.07. The number of imide groups is 1. The van der Waals surface area contributed by atoms with Gasteiger partial charge in [0.05, 0.1) is 43.7 Å². The summed E-state index contributed by atoms with van der Waals surface area (Å²) < 4.78 is 16.4. The van der Waals surface area contributed by atoms with Crippen molar-refractivity contribution in [3.8, 4) is 11.5 Å². The molecule has 9 heteroatoms. The Bertz CT molecular complexity index is 1230. The van der Waals surface area contributed by atoms with Crippen LogP contribution in [-0.2, 0) is 16.0 Å². The van der Waals surface area contributed by atoms with Gasteiger partial charge in [0.25, 0.3) is 11.8 Å². The number of anilines is 1. The molecular formula is C30H37N3O6. The van der Waals surface area contributed by atoms with Gasteiger partial charge in [0.15, 0.2) is 11.5 Å². The molecule has 0 radical (unpaired) electrons. The Morgan fingerprint density at radius 1 is 1.03 bits per heavy atom. The molecule has 3 amide bonds. The summed E-state index contributed by atoms with van der Waals surface area (Å²) in [7, 11) is 5.08. The minimum Gasteiger partial charge on any atom is -0.493 e. The maximum atomic E-state index is 13.3. The number of nitrogens with zero attached hydrogens (tertiary/aromatic N) is 3. The van der Waals surface area contributed by atoms with Crippen molar-refractivity contribution in [1.82, 2.24) is 9.80 Å². The van der Waals surface area contributed by atoms with Crippen LogP contribution in [0.5, 0.6) is 11.5 Å². The van der Waals surface area contributed by atoms with Crippen LogP contribution in [0.3, 0.4) is 0 Å². The van der Waals surface area contributed by atoms with Crippen molar-refractivity contribution < 1.29 is 28.6 Å². The SMILES string of the molecule is COc1ccc(CCN(C)C(=O)C2CCN(c3cccc4c3C(=O)N(C[C@H]3CCCO3)C4=O)CC2)cc1OC. The molecule has 3 aliphatic rings. The molecule has 2 saturated heterocycles. The van der Waals surface area contributed by atoms with Crippen molar-refractivity contribution in [3.05, 3.63) is 53.1 Å². The molecule has 2 aromatic rings. The molecule has 0 aliphatic carbocycles. The number of fused-ring (bicyclic) bond motifs is 1. The highest BCUT2D eigenvalue weighted by Gasteiger charge is 2.40. The average molecular weight is 536 g/mol. The zero-order valence-corrected chi connectivity index (χ0v) is 23.0. The van der Waals surface area contributed by atoms with E-state index in [1.807, 2.05) is 42.3 Å². The van der Waals surface area contributed by atoms with E-state index in [4.69, 9.17) is 14.2 Å². The van der Waals surface area contributed by atoms with Gasteiger partial charge in [-0.15, -0.1) is 0 Å². The van der Waals surface area contributed by atoms with Gasteiger partial charge in [-0.2, -0.15) is 0 Å². The molecule has 0 aromatic heterocycles. The Morgan fingerprint density at radius 2 is 1.79 bits per heavy atom. The molecule has 3 aliphatic heterocycles. The fraction of sp³-hybridized carbons (Fsp3) is 0.500. The molecule has 0 spiro atoms. The highest BCUT2D eigenvalue weighted by atomic mass is 16.5. The van der Waals surface area contributed by atoms with Crippen LogP contribution in [0.15, 0.2) is 36.4 Å². The number of piperidine rings is 1. The van der Waals surface area contributed by atoms with Crippen LogP contribution in [0.4, 0.5) is 5.69 Å². The molecule has 39 heavy (non-hydrogen) atoms. The molecule has 2 aromatic carbocycles. The zero-order chi connectivity index (χ0) is 27.5. The fourth-order valence-electron chi connectivity index (χ4n) is 5.86. The first-order chi connectivity index (χ1) is 18.9. The van der Waals surface area contributed by atoms with Crippen LogP contribution < -0.4 is 14.4 Å². The molecule has 9 nitrogen and oxygen atoms in total. The summed E-state index contributed by atoms with van der Waals surface area (Å²) >= 11 is 0. The summed E-state index contributed by atoms with van der Waals surface area (Å²) in [4.78, 5) is 44.9. The van der Waals surface area contributed by atoms with E-state index in [0.29, 0.717) is 68.3 Å². The lowest BCUT2D eigenvalue weighted by atomic mass is 9.94. The molecule has 2 fully saturated rings. The van der Waals surface area contributed by atoms with Crippen LogP contribution >= 0.6 is 0 Å². The fourth-order valence-corrected chi connectivity index (χ4v) is 5.86. The highest BCUT2D eigenvalue weighted by molar-refractivity contribution is 6.23. The van der Waals surface area contributed by atoms with Crippen LogP contribution in [0.2, 0.25) is 0 Å². The second-order valence-corrected chi connectivity index (χ2v) is 10.5. The van der Waals surface area contributed by atoms with E-state index < -0.39 is 0 Å². The topological polar surface area (TPSA) is 88.6 Å². The van der Waals surface area contributed by atoms with Gasteiger partial charge < -0.3 is 24.0 Å². The largest absolute Gasteiger partial charge is 0.493 e. The number of likely N-dealkylation sites (N-methyl/N-ethyl adjacent to an activating group) is 1. The molecule has 0 saturated carbocycles. The van der Waals surface area contributed by atoms with Gasteiger partial charge in [-0.25, -0.2) is 0 Å². The maximum Gasteiger partial charge on any atom is 0.263 e. The van der Waals surface area contributed by atoms with Gasteiger partial charge in [-0.05, 0) is 61.9 Å². The summed E-state index contributed by atoms with van der Waals surface area (Å²) in [6.45, 7) is 2.90. The number of carbonyl (C=O) groups excluding carboxylic acids is 3. The van der Waals surface area contributed by atoms with Crippen molar-refractivity contribution in [3.63, 3.8) is 0 Å². The standard InChI is InChI=1S/C30H37N3O6/c1-31(14-11-20-9-10-25(37-2)26(18-20)38-3)28(34)21-12-15-32(16-13-21)24-8-4-7-23-27(24)30(36)33(29(23)35)19-22-6-5-17-39-22/h4,7-10,18,21-22H,5-6,11-17,19H2,1-3H3/t22-/m1/s1. The maximum absolute atomic E-state index is 13.3. The smallest absolute Gasteiger partial charge is 0.263 e. The molecule has 208 valence electrons. The number of methoxy groups -OCH3 is 2. The van der Waals surface area contributed by atoms with Gasteiger partial charge in [-0.1, -0.05) is 12.1 Å². The summed E-state index contributed by atoms with van der Waals surface area (Å²) in [5.74, 6) is 0.953. The van der Waals surface area contributed by atoms with Crippen LogP contribution in [0, 0.1) is 5.92 Å². The van der Waals surface area contributed by atoms with Gasteiger partial charge in [0.1, 0.15) is 0 Å². The van der Waals surface area contributed by atoms with Crippen LogP contribution in [0.25, 0.3) is 0 Å². The first-order valence-electron chi connectivity index (χ1n) is 13.7. The predicted molar refractivity (Wildman–Crippen MR) is 147 cm³/mol. The highest BCUT2D eigenvalue weighted by Crippen LogP contribution is 2.35. The molecule has 5 rings (SSSR count). The molecule has 0 bridgehead atoms. The second kappa shape index (κ2) is 11.7. The Balaban J connectivity index is 1.18. The molecule has 1 atom stereocenters. The van der Waals surface area contributed by atoms with E-state index in [1.165, 1.54) is 4.90 Å². The lowest BCUT2D eigenvalue weighted by molar-refractivity contribution is -0.134. The first-order valence-corrected chi connectivity index (χ1v) is 13.7. The first kappa shape index (κ1) is 27.0. The Morgan fingerprint density at radius 3 is 2.49 bits per heavy atom. The third-order valence-corrected chi connectivity index (χ3v) is 8.13. The molecular weight excluding hydrogens is 498 g/mol. The summed E-state index contributed by atoms with van der Waals surface area (Å²) in [6, 6.07) is 11.3. The zero-order valence-electron chi connectivity index (χ0n) is 23.0. The number of carbonyl (C=O) groups is 3. The Hall–Kier alpha value is -3.59. The lowest BCUT2D eigenvalue weighted by Crippen LogP contribution is -2.42. The number of benzene rings is 2. The van der Waals surface area contributed by atoms with Crippen molar-refractivity contribution in [2.24, 2.45) is 5.92 Å². The monoisotopic (exact) mass is 535 g/mol. The predicted octanol–water partition coefficient (Wildman–Crippen LogP) is 3.40. The van der Waals surface area contributed by atoms with Crippen LogP contribution in [0.1, 0.15) is 52.0 Å². The summed E-state index contributed by atoms with van der Waals surface area (Å²) in [5.41, 5.74) is 2.81. The number of hydrogen-bond donors (Lipinski definition) is 0. The van der Waals surface area contributed by atoms with E-state index in [0.717, 1.165) is 30.5 Å².